The second kappa shape index (κ2) is 8.31. The maximum Gasteiger partial charge on any atom is 0.251 e. The van der Waals surface area contributed by atoms with Gasteiger partial charge in [0, 0.05) is 12.7 Å². The summed E-state index contributed by atoms with van der Waals surface area (Å²) in [6.45, 7) is 4.02. The molecule has 7 nitrogen and oxygen atoms in total. The van der Waals surface area contributed by atoms with Gasteiger partial charge in [-0.25, -0.2) is 9.07 Å². The van der Waals surface area contributed by atoms with Crippen molar-refractivity contribution in [1.82, 2.24) is 9.78 Å². The number of halogens is 1. The van der Waals surface area contributed by atoms with Gasteiger partial charge in [-0.1, -0.05) is 35.9 Å². The minimum Gasteiger partial charge on any atom is -0.378 e. The Morgan fingerprint density at radius 1 is 1.19 bits per heavy atom. The number of amides is 2. The summed E-state index contributed by atoms with van der Waals surface area (Å²) in [6.07, 6.45) is -0.173. The molecule has 4 rings (SSSR count). The fraction of sp³-hybridized carbons (Fsp3) is 0.261. The Bertz CT molecular complexity index is 1150. The van der Waals surface area contributed by atoms with Gasteiger partial charge in [-0.2, -0.15) is 5.10 Å². The maximum atomic E-state index is 14.1. The van der Waals surface area contributed by atoms with Crippen molar-refractivity contribution >= 4 is 23.3 Å². The van der Waals surface area contributed by atoms with E-state index in [0.29, 0.717) is 11.5 Å². The Morgan fingerprint density at radius 3 is 2.58 bits per heavy atom. The van der Waals surface area contributed by atoms with Crippen LogP contribution in [0.4, 0.5) is 15.9 Å². The number of hydrogen-bond acceptors (Lipinski definition) is 4. The normalized spacial score (nSPS) is 15.0. The van der Waals surface area contributed by atoms with E-state index in [9.17, 15) is 14.0 Å². The standard InChI is InChI=1S/C23H23FN4O3/c1-13-4-7-15(8-5-13)21-18(12-31-3)27-28-19(23(30)26-22(21)28)11-20(29)25-17-9-6-14(2)10-16(17)24/h4-10,19H,11-12H2,1-3H3,(H,25,29)(H,26,30). The summed E-state index contributed by atoms with van der Waals surface area (Å²) in [7, 11) is 1.57. The highest BCUT2D eigenvalue weighted by Gasteiger charge is 2.37. The highest BCUT2D eigenvalue weighted by Crippen LogP contribution is 2.39. The van der Waals surface area contributed by atoms with E-state index >= 15 is 0 Å². The molecule has 1 aliphatic heterocycles. The first-order valence-electron chi connectivity index (χ1n) is 9.91. The smallest absolute Gasteiger partial charge is 0.251 e. The number of aryl methyl sites for hydroxylation is 2. The lowest BCUT2D eigenvalue weighted by atomic mass is 10.0. The van der Waals surface area contributed by atoms with Crippen molar-refractivity contribution in [2.45, 2.75) is 32.9 Å². The Kier molecular flexibility index (Phi) is 5.56. The van der Waals surface area contributed by atoms with Crippen LogP contribution >= 0.6 is 0 Å². The van der Waals surface area contributed by atoms with Crippen molar-refractivity contribution in [3.63, 3.8) is 0 Å². The number of fused-ring (bicyclic) bond motifs is 1. The second-order valence-electron chi connectivity index (χ2n) is 7.65. The van der Waals surface area contributed by atoms with Crippen LogP contribution in [0.25, 0.3) is 11.1 Å². The van der Waals surface area contributed by atoms with E-state index in [1.807, 2.05) is 31.2 Å². The van der Waals surface area contributed by atoms with E-state index in [-0.39, 0.29) is 24.6 Å². The number of ether oxygens (including phenoxy) is 1. The average molecular weight is 422 g/mol. The number of carbonyl (C=O) groups is 2. The number of nitrogens with zero attached hydrogens (tertiary/aromatic N) is 2. The third-order valence-electron chi connectivity index (χ3n) is 5.22. The summed E-state index contributed by atoms with van der Waals surface area (Å²) in [6, 6.07) is 11.6. The van der Waals surface area contributed by atoms with Crippen LogP contribution in [0.1, 0.15) is 29.3 Å². The molecule has 8 heteroatoms. The lowest BCUT2D eigenvalue weighted by Gasteiger charge is -2.11. The molecule has 2 amide bonds. The number of carbonyl (C=O) groups excluding carboxylic acids is 2. The van der Waals surface area contributed by atoms with E-state index in [1.165, 1.54) is 16.8 Å². The third kappa shape index (κ3) is 4.06. The molecule has 0 aliphatic carbocycles. The molecule has 2 aromatic carbocycles. The Morgan fingerprint density at radius 2 is 1.90 bits per heavy atom. The molecular formula is C23H23FN4O3. The number of hydrogen-bond donors (Lipinski definition) is 2. The molecule has 0 radical (unpaired) electrons. The molecule has 160 valence electrons. The Hall–Kier alpha value is -3.52. The lowest BCUT2D eigenvalue weighted by Crippen LogP contribution is -2.24. The van der Waals surface area contributed by atoms with Crippen LogP contribution in [0.2, 0.25) is 0 Å². The van der Waals surface area contributed by atoms with Gasteiger partial charge in [0.15, 0.2) is 0 Å². The van der Waals surface area contributed by atoms with Crippen LogP contribution in [0.15, 0.2) is 42.5 Å². The van der Waals surface area contributed by atoms with Gasteiger partial charge in [0.05, 0.1) is 24.4 Å². The summed E-state index contributed by atoms with van der Waals surface area (Å²) in [4.78, 5) is 25.2. The topological polar surface area (TPSA) is 85.2 Å². The largest absolute Gasteiger partial charge is 0.378 e. The van der Waals surface area contributed by atoms with Gasteiger partial charge in [0.2, 0.25) is 5.91 Å². The Labute approximate surface area is 179 Å². The van der Waals surface area contributed by atoms with Crippen molar-refractivity contribution in [2.75, 3.05) is 17.7 Å². The van der Waals surface area contributed by atoms with Crippen molar-refractivity contribution < 1.29 is 18.7 Å². The highest BCUT2D eigenvalue weighted by molar-refractivity contribution is 6.04. The van der Waals surface area contributed by atoms with Crippen molar-refractivity contribution in [2.24, 2.45) is 0 Å². The van der Waals surface area contributed by atoms with Gasteiger partial charge in [0.25, 0.3) is 5.91 Å². The monoisotopic (exact) mass is 422 g/mol. The van der Waals surface area contributed by atoms with Crippen LogP contribution in [0.3, 0.4) is 0 Å². The first-order valence-corrected chi connectivity index (χ1v) is 9.91. The number of rotatable bonds is 6. The lowest BCUT2D eigenvalue weighted by molar-refractivity contribution is -0.123. The molecule has 1 aromatic heterocycles. The molecule has 3 aromatic rings. The van der Waals surface area contributed by atoms with Gasteiger partial charge in [-0.05, 0) is 37.1 Å². The zero-order valence-corrected chi connectivity index (χ0v) is 17.5. The maximum absolute atomic E-state index is 14.1. The highest BCUT2D eigenvalue weighted by atomic mass is 19.1. The summed E-state index contributed by atoms with van der Waals surface area (Å²) < 4.78 is 20.9. The van der Waals surface area contributed by atoms with Crippen LogP contribution in [0.5, 0.6) is 0 Å². The number of benzene rings is 2. The molecule has 0 fully saturated rings. The van der Waals surface area contributed by atoms with Gasteiger partial charge in [0.1, 0.15) is 17.7 Å². The van der Waals surface area contributed by atoms with E-state index < -0.39 is 17.8 Å². The van der Waals surface area contributed by atoms with Gasteiger partial charge in [-0.15, -0.1) is 0 Å². The second-order valence-corrected chi connectivity index (χ2v) is 7.65. The first-order chi connectivity index (χ1) is 14.9. The van der Waals surface area contributed by atoms with Crippen molar-refractivity contribution in [3.05, 3.63) is 65.1 Å². The SMILES string of the molecule is COCc1nn2c(c1-c1ccc(C)cc1)NC(=O)C2CC(=O)Nc1ccc(C)cc1F. The van der Waals surface area contributed by atoms with E-state index in [2.05, 4.69) is 15.7 Å². The molecular weight excluding hydrogens is 399 g/mol. The van der Waals surface area contributed by atoms with E-state index in [1.54, 1.807) is 20.1 Å². The van der Waals surface area contributed by atoms with Gasteiger partial charge in [-0.3, -0.25) is 9.59 Å². The third-order valence-corrected chi connectivity index (χ3v) is 5.22. The molecule has 0 spiro atoms. The van der Waals surface area contributed by atoms with Crippen LogP contribution in [-0.4, -0.2) is 28.7 Å². The summed E-state index contributed by atoms with van der Waals surface area (Å²) in [5.74, 6) is -0.802. The number of methoxy groups -OCH3 is 1. The van der Waals surface area contributed by atoms with E-state index in [0.717, 1.165) is 22.3 Å². The molecule has 0 saturated heterocycles. The molecule has 2 heterocycles. The number of anilines is 2. The van der Waals surface area contributed by atoms with Gasteiger partial charge >= 0.3 is 0 Å². The van der Waals surface area contributed by atoms with Crippen LogP contribution in [0, 0.1) is 19.7 Å². The molecule has 1 unspecified atom stereocenters. The molecule has 1 atom stereocenters. The molecule has 0 saturated carbocycles. The summed E-state index contributed by atoms with van der Waals surface area (Å²) in [5, 5.41) is 9.94. The average Bonchev–Trinajstić information content (AvgIpc) is 3.20. The molecule has 1 aliphatic rings. The minimum atomic E-state index is -0.835. The first kappa shape index (κ1) is 20.7. The minimum absolute atomic E-state index is 0.0788. The zero-order chi connectivity index (χ0) is 22.1. The van der Waals surface area contributed by atoms with Crippen molar-refractivity contribution in [3.8, 4) is 11.1 Å². The quantitative estimate of drug-likeness (QED) is 0.629. The predicted molar refractivity (Wildman–Crippen MR) is 115 cm³/mol. The fourth-order valence-electron chi connectivity index (χ4n) is 3.68. The number of nitrogens with one attached hydrogen (secondary N) is 2. The van der Waals surface area contributed by atoms with Crippen LogP contribution < -0.4 is 10.6 Å². The summed E-state index contributed by atoms with van der Waals surface area (Å²) >= 11 is 0. The molecule has 0 bridgehead atoms. The van der Waals surface area contributed by atoms with Gasteiger partial charge < -0.3 is 15.4 Å². The number of aromatic nitrogens is 2. The molecule has 2 N–H and O–H groups in total. The molecule has 31 heavy (non-hydrogen) atoms. The van der Waals surface area contributed by atoms with E-state index in [4.69, 9.17) is 4.74 Å². The summed E-state index contributed by atoms with van der Waals surface area (Å²) in [5.41, 5.74) is 4.27. The zero-order valence-electron chi connectivity index (χ0n) is 17.5. The van der Waals surface area contributed by atoms with Crippen molar-refractivity contribution in [1.29, 1.82) is 0 Å². The Balaban J connectivity index is 1.62. The van der Waals surface area contributed by atoms with Crippen LogP contribution in [-0.2, 0) is 20.9 Å². The fourth-order valence-corrected chi connectivity index (χ4v) is 3.68. The predicted octanol–water partition coefficient (Wildman–Crippen LogP) is 3.97.